The number of halogens is 1. The molecule has 148 valence electrons. The van der Waals surface area contributed by atoms with Crippen LogP contribution in [0.25, 0.3) is 11.2 Å². The Morgan fingerprint density at radius 3 is 2.68 bits per heavy atom. The van der Waals surface area contributed by atoms with Crippen LogP contribution in [-0.4, -0.2) is 53.2 Å². The third-order valence-corrected chi connectivity index (χ3v) is 5.62. The fourth-order valence-corrected chi connectivity index (χ4v) is 3.65. The first kappa shape index (κ1) is 19.0. The van der Waals surface area contributed by atoms with Gasteiger partial charge in [-0.25, -0.2) is 15.0 Å². The highest BCUT2D eigenvalue weighted by Gasteiger charge is 2.52. The summed E-state index contributed by atoms with van der Waals surface area (Å²) in [5.41, 5.74) is 6.20. The summed E-state index contributed by atoms with van der Waals surface area (Å²) in [7, 11) is 0. The molecule has 1 aliphatic heterocycles. The third-order valence-electron chi connectivity index (χ3n) is 5.20. The molecule has 1 aromatic carbocycles. The lowest BCUT2D eigenvalue weighted by molar-refractivity contribution is -0.136. The number of aryl methyl sites for hydroxylation is 1. The molecule has 1 aliphatic rings. The van der Waals surface area contributed by atoms with Crippen molar-refractivity contribution in [3.63, 3.8) is 0 Å². The van der Waals surface area contributed by atoms with Crippen LogP contribution in [0.5, 0.6) is 0 Å². The van der Waals surface area contributed by atoms with E-state index in [-0.39, 0.29) is 5.82 Å². The van der Waals surface area contributed by atoms with Gasteiger partial charge in [0.25, 0.3) is 0 Å². The van der Waals surface area contributed by atoms with Crippen molar-refractivity contribution in [2.24, 2.45) is 0 Å². The minimum atomic E-state index is -1.59. The van der Waals surface area contributed by atoms with E-state index in [1.165, 1.54) is 24.1 Å². The minimum Gasteiger partial charge on any atom is -0.387 e. The highest BCUT2D eigenvalue weighted by molar-refractivity contribution is 6.31. The molecule has 0 radical (unpaired) electrons. The first-order valence-corrected chi connectivity index (χ1v) is 9.03. The van der Waals surface area contributed by atoms with Crippen LogP contribution in [0.4, 0.5) is 5.82 Å². The summed E-state index contributed by atoms with van der Waals surface area (Å²) in [5, 5.41) is 32.9. The van der Waals surface area contributed by atoms with Crippen LogP contribution in [0, 0.1) is 6.92 Å². The molecule has 0 aliphatic carbocycles. The van der Waals surface area contributed by atoms with Gasteiger partial charge in [-0.2, -0.15) is 0 Å². The number of fused-ring (bicyclic) bond motifs is 1. The molecule has 3 aromatic rings. The van der Waals surface area contributed by atoms with Crippen molar-refractivity contribution < 1.29 is 20.1 Å². The smallest absolute Gasteiger partial charge is 0.167 e. The van der Waals surface area contributed by atoms with Crippen LogP contribution in [0.2, 0.25) is 5.02 Å². The second-order valence-electron chi connectivity index (χ2n) is 7.12. The van der Waals surface area contributed by atoms with E-state index in [0.29, 0.717) is 21.7 Å². The number of aliphatic hydroxyl groups is 3. The molecule has 2 aromatic heterocycles. The number of ether oxygens (including phenoxy) is 1. The fourth-order valence-electron chi connectivity index (χ4n) is 3.53. The zero-order chi connectivity index (χ0) is 20.2. The van der Waals surface area contributed by atoms with Crippen molar-refractivity contribution in [3.05, 3.63) is 47.0 Å². The first-order valence-electron chi connectivity index (χ1n) is 8.65. The van der Waals surface area contributed by atoms with Gasteiger partial charge in [0.05, 0.1) is 6.33 Å². The van der Waals surface area contributed by atoms with Crippen LogP contribution in [-0.2, 0) is 10.3 Å². The predicted molar refractivity (Wildman–Crippen MR) is 101 cm³/mol. The van der Waals surface area contributed by atoms with Crippen LogP contribution < -0.4 is 5.73 Å². The zero-order valence-electron chi connectivity index (χ0n) is 15.2. The van der Waals surface area contributed by atoms with Crippen molar-refractivity contribution in [2.45, 2.75) is 44.0 Å². The summed E-state index contributed by atoms with van der Waals surface area (Å²) < 4.78 is 7.37. The van der Waals surface area contributed by atoms with Gasteiger partial charge in [0.2, 0.25) is 0 Å². The predicted octanol–water partition coefficient (Wildman–Crippen LogP) is 0.897. The normalized spacial score (nSPS) is 27.2. The Labute approximate surface area is 165 Å². The quantitative estimate of drug-likeness (QED) is 0.504. The van der Waals surface area contributed by atoms with Gasteiger partial charge in [-0.05, 0) is 31.0 Å². The van der Waals surface area contributed by atoms with E-state index in [9.17, 15) is 15.3 Å². The molecule has 5 atom stereocenters. The Kier molecular flexibility index (Phi) is 4.52. The molecule has 10 heteroatoms. The molecule has 28 heavy (non-hydrogen) atoms. The Balaban J connectivity index is 1.71. The van der Waals surface area contributed by atoms with Crippen LogP contribution in [0.3, 0.4) is 0 Å². The molecule has 0 bridgehead atoms. The van der Waals surface area contributed by atoms with Crippen LogP contribution in [0.1, 0.15) is 24.3 Å². The van der Waals surface area contributed by atoms with Crippen molar-refractivity contribution in [1.29, 1.82) is 0 Å². The number of nitrogens with zero attached hydrogens (tertiary/aromatic N) is 4. The highest BCUT2D eigenvalue weighted by Crippen LogP contribution is 2.40. The number of aromatic nitrogens is 4. The summed E-state index contributed by atoms with van der Waals surface area (Å²) >= 11 is 6.07. The number of hydrogen-bond acceptors (Lipinski definition) is 8. The van der Waals surface area contributed by atoms with Crippen molar-refractivity contribution in [3.8, 4) is 0 Å². The number of nitrogens with two attached hydrogens (primary N) is 1. The Hall–Kier alpha value is -2.30. The lowest BCUT2D eigenvalue weighted by atomic mass is 9.86. The van der Waals surface area contributed by atoms with Crippen LogP contribution >= 0.6 is 11.6 Å². The second kappa shape index (κ2) is 6.64. The van der Waals surface area contributed by atoms with E-state index >= 15 is 0 Å². The molecule has 1 unspecified atom stereocenters. The van der Waals surface area contributed by atoms with Crippen LogP contribution in [0.15, 0.2) is 30.9 Å². The first-order chi connectivity index (χ1) is 13.2. The summed E-state index contributed by atoms with van der Waals surface area (Å²) in [5.74, 6) is 0.192. The third kappa shape index (κ3) is 2.83. The molecular formula is C18H20ClN5O4. The molecule has 1 saturated heterocycles. The van der Waals surface area contributed by atoms with Crippen molar-refractivity contribution >= 4 is 28.6 Å². The second-order valence-corrected chi connectivity index (χ2v) is 7.53. The fraction of sp³-hybridized carbons (Fsp3) is 0.389. The topological polar surface area (TPSA) is 140 Å². The lowest BCUT2D eigenvalue weighted by Gasteiger charge is -2.32. The largest absolute Gasteiger partial charge is 0.387 e. The standard InChI is InChI=1S/C18H20ClN5O4/c1-8-5-9(3-4-10(8)19)18(2,27)14-12(25)13(26)17(28-14)24-7-23-11-15(20)21-6-22-16(11)24/h3-7,12-14,17,25-27H,1-2H3,(H2,20,21,22)/t12-,13+,14-,17+,18?/m0/s1. The van der Waals surface area contributed by atoms with Gasteiger partial charge in [-0.15, -0.1) is 0 Å². The minimum absolute atomic E-state index is 0.192. The summed E-state index contributed by atoms with van der Waals surface area (Å²) in [4.78, 5) is 12.2. The molecule has 9 nitrogen and oxygen atoms in total. The average Bonchev–Trinajstić information content (AvgIpc) is 3.20. The Morgan fingerprint density at radius 2 is 1.96 bits per heavy atom. The number of rotatable bonds is 3. The van der Waals surface area contributed by atoms with E-state index < -0.39 is 30.1 Å². The van der Waals surface area contributed by atoms with E-state index in [1.807, 2.05) is 6.92 Å². The summed E-state index contributed by atoms with van der Waals surface area (Å²) in [6, 6.07) is 5.04. The molecule has 3 heterocycles. The summed E-state index contributed by atoms with van der Waals surface area (Å²) in [6.45, 7) is 3.33. The van der Waals surface area contributed by atoms with Gasteiger partial charge in [0, 0.05) is 5.02 Å². The summed E-state index contributed by atoms with van der Waals surface area (Å²) in [6.07, 6.45) is -2.12. The maximum atomic E-state index is 11.2. The maximum Gasteiger partial charge on any atom is 0.167 e. The maximum absolute atomic E-state index is 11.2. The zero-order valence-corrected chi connectivity index (χ0v) is 15.9. The van der Waals surface area contributed by atoms with E-state index in [2.05, 4.69) is 15.0 Å². The molecular weight excluding hydrogens is 386 g/mol. The van der Waals surface area contributed by atoms with Gasteiger partial charge in [-0.3, -0.25) is 4.57 Å². The number of benzene rings is 1. The highest BCUT2D eigenvalue weighted by atomic mass is 35.5. The van der Waals surface area contributed by atoms with E-state index in [1.54, 1.807) is 18.2 Å². The molecule has 1 fully saturated rings. The number of imidazole rings is 1. The van der Waals surface area contributed by atoms with Gasteiger partial charge < -0.3 is 25.8 Å². The SMILES string of the molecule is Cc1cc(C(C)(O)[C@H]2O[C@@H](n3cnc4c(N)ncnc43)[C@H](O)[C@@H]2O)ccc1Cl. The number of nitrogen functional groups attached to an aromatic ring is 1. The lowest BCUT2D eigenvalue weighted by Crippen LogP contribution is -2.45. The van der Waals surface area contributed by atoms with E-state index in [4.69, 9.17) is 22.1 Å². The molecule has 4 rings (SSSR count). The van der Waals surface area contributed by atoms with Crippen molar-refractivity contribution in [2.75, 3.05) is 5.73 Å². The Morgan fingerprint density at radius 1 is 1.21 bits per heavy atom. The monoisotopic (exact) mass is 405 g/mol. The van der Waals surface area contributed by atoms with Gasteiger partial charge in [0.1, 0.15) is 35.8 Å². The number of anilines is 1. The van der Waals surface area contributed by atoms with E-state index in [0.717, 1.165) is 5.56 Å². The molecule has 5 N–H and O–H groups in total. The number of aliphatic hydroxyl groups excluding tert-OH is 2. The van der Waals surface area contributed by atoms with Crippen molar-refractivity contribution in [1.82, 2.24) is 19.5 Å². The van der Waals surface area contributed by atoms with Gasteiger partial charge in [-0.1, -0.05) is 23.7 Å². The van der Waals surface area contributed by atoms with Gasteiger partial charge in [0.15, 0.2) is 17.7 Å². The molecule has 0 spiro atoms. The average molecular weight is 406 g/mol. The van der Waals surface area contributed by atoms with Gasteiger partial charge >= 0.3 is 0 Å². The number of hydrogen-bond donors (Lipinski definition) is 4. The molecule has 0 amide bonds. The molecule has 0 saturated carbocycles. The Bertz CT molecular complexity index is 1040.